The summed E-state index contributed by atoms with van der Waals surface area (Å²) in [5.74, 6) is 0.226. The zero-order valence-corrected chi connectivity index (χ0v) is 18.0. The monoisotopic (exact) mass is 417 g/mol. The third-order valence-electron chi connectivity index (χ3n) is 6.42. The van der Waals surface area contributed by atoms with Crippen LogP contribution in [-0.2, 0) is 14.8 Å². The number of amides is 1. The number of hydrogen-bond acceptors (Lipinski definition) is 5. The van der Waals surface area contributed by atoms with Crippen molar-refractivity contribution < 1.29 is 13.2 Å². The summed E-state index contributed by atoms with van der Waals surface area (Å²) in [6, 6.07) is 11.7. The average Bonchev–Trinajstić information content (AvgIpc) is 3.34. The highest BCUT2D eigenvalue weighted by Crippen LogP contribution is 2.50. The van der Waals surface area contributed by atoms with Gasteiger partial charge in [-0.2, -0.15) is 0 Å². The van der Waals surface area contributed by atoms with Gasteiger partial charge in [-0.25, -0.2) is 8.42 Å². The zero-order valence-electron chi connectivity index (χ0n) is 17.2. The van der Waals surface area contributed by atoms with Crippen LogP contribution in [0.5, 0.6) is 0 Å². The van der Waals surface area contributed by atoms with Crippen LogP contribution in [0.2, 0.25) is 0 Å². The highest BCUT2D eigenvalue weighted by molar-refractivity contribution is 7.89. The van der Waals surface area contributed by atoms with Gasteiger partial charge in [0.1, 0.15) is 0 Å². The van der Waals surface area contributed by atoms with Gasteiger partial charge in [0, 0.05) is 25.2 Å². The number of rotatable bonds is 8. The van der Waals surface area contributed by atoms with E-state index in [9.17, 15) is 13.2 Å². The lowest BCUT2D eigenvalue weighted by Gasteiger charge is -2.59. The summed E-state index contributed by atoms with van der Waals surface area (Å²) >= 11 is 0. The molecule has 7 heteroatoms. The highest BCUT2D eigenvalue weighted by Gasteiger charge is 2.54. The number of carbonyl (C=O) groups is 1. The second kappa shape index (κ2) is 7.85. The number of nitrogens with one attached hydrogen (secondary N) is 2. The molecule has 4 rings (SSSR count). The maximum Gasteiger partial charge on any atom is 0.247 e. The van der Waals surface area contributed by atoms with Crippen LogP contribution in [0.3, 0.4) is 0 Å². The van der Waals surface area contributed by atoms with E-state index < -0.39 is 15.9 Å². The molecule has 1 spiro atoms. The lowest BCUT2D eigenvalue weighted by molar-refractivity contribution is -0.128. The Morgan fingerprint density at radius 1 is 1.24 bits per heavy atom. The first-order valence-electron chi connectivity index (χ1n) is 10.5. The molecule has 0 radical (unpaired) electrons. The summed E-state index contributed by atoms with van der Waals surface area (Å²) in [6.45, 7) is 4.20. The SMILES string of the molecule is CC/C(=C\c1ccccc1)[C@@H]1C[C@H]1NC1CC2(C1)CN(CC(=O)NS(C)(=O)=O)C2. The summed E-state index contributed by atoms with van der Waals surface area (Å²) in [7, 11) is -3.46. The van der Waals surface area contributed by atoms with Crippen LogP contribution in [0.15, 0.2) is 35.9 Å². The molecule has 1 aliphatic heterocycles. The molecule has 3 fully saturated rings. The van der Waals surface area contributed by atoms with E-state index in [1.165, 1.54) is 17.6 Å². The molecule has 1 aromatic carbocycles. The highest BCUT2D eigenvalue weighted by atomic mass is 32.2. The number of carbonyl (C=O) groups excluding carboxylic acids is 1. The Kier molecular flexibility index (Phi) is 5.57. The Morgan fingerprint density at radius 3 is 2.55 bits per heavy atom. The van der Waals surface area contributed by atoms with Crippen molar-refractivity contribution in [3.63, 3.8) is 0 Å². The Hall–Kier alpha value is -1.70. The van der Waals surface area contributed by atoms with E-state index in [0.29, 0.717) is 23.4 Å². The van der Waals surface area contributed by atoms with Gasteiger partial charge in [-0.1, -0.05) is 48.9 Å². The fourth-order valence-corrected chi connectivity index (χ4v) is 5.62. The fraction of sp³-hybridized carbons (Fsp3) is 0.591. The van der Waals surface area contributed by atoms with Crippen molar-refractivity contribution in [2.75, 3.05) is 25.9 Å². The maximum atomic E-state index is 11.7. The van der Waals surface area contributed by atoms with Crippen LogP contribution in [0.25, 0.3) is 6.08 Å². The molecule has 3 aliphatic rings. The van der Waals surface area contributed by atoms with Gasteiger partial charge in [-0.3, -0.25) is 14.4 Å². The average molecular weight is 418 g/mol. The minimum atomic E-state index is -3.46. The lowest BCUT2D eigenvalue weighted by Crippen LogP contribution is -2.67. The van der Waals surface area contributed by atoms with E-state index in [1.54, 1.807) is 0 Å². The van der Waals surface area contributed by atoms with Gasteiger partial charge in [0.2, 0.25) is 15.9 Å². The summed E-state index contributed by atoms with van der Waals surface area (Å²) in [4.78, 5) is 13.7. The predicted octanol–water partition coefficient (Wildman–Crippen LogP) is 2.00. The molecule has 29 heavy (non-hydrogen) atoms. The maximum absolute atomic E-state index is 11.7. The summed E-state index contributed by atoms with van der Waals surface area (Å²) in [5.41, 5.74) is 3.16. The van der Waals surface area contributed by atoms with E-state index in [0.717, 1.165) is 38.6 Å². The number of sulfonamides is 1. The Labute approximate surface area is 173 Å². The van der Waals surface area contributed by atoms with Gasteiger partial charge in [-0.15, -0.1) is 0 Å². The topological polar surface area (TPSA) is 78.5 Å². The van der Waals surface area contributed by atoms with Gasteiger partial charge in [0.05, 0.1) is 12.8 Å². The van der Waals surface area contributed by atoms with Crippen LogP contribution >= 0.6 is 0 Å². The molecule has 1 aromatic rings. The smallest absolute Gasteiger partial charge is 0.247 e. The van der Waals surface area contributed by atoms with Crippen molar-refractivity contribution in [3.8, 4) is 0 Å². The van der Waals surface area contributed by atoms with Crippen LogP contribution < -0.4 is 10.0 Å². The first-order chi connectivity index (χ1) is 13.8. The van der Waals surface area contributed by atoms with Crippen molar-refractivity contribution in [2.24, 2.45) is 11.3 Å². The van der Waals surface area contributed by atoms with Crippen molar-refractivity contribution in [1.82, 2.24) is 14.9 Å². The second-order valence-corrected chi connectivity index (χ2v) is 10.9. The lowest BCUT2D eigenvalue weighted by atomic mass is 9.60. The number of likely N-dealkylation sites (tertiary alicyclic amines) is 1. The number of benzene rings is 1. The summed E-state index contributed by atoms with van der Waals surface area (Å²) < 4.78 is 24.3. The normalized spacial score (nSPS) is 26.6. The fourth-order valence-electron chi connectivity index (χ4n) is 5.14. The third-order valence-corrected chi connectivity index (χ3v) is 7.02. The Bertz CT molecular complexity index is 883. The standard InChI is InChI=1S/C22H31N3O3S/c1-3-17(9-16-7-5-4-6-8-16)19-10-20(19)23-18-11-22(12-18)14-25(15-22)13-21(26)24-29(2,27)28/h4-9,18-20,23H,3,10-15H2,1-2H3,(H,24,26)/b17-9+/t19-,20+/m0/s1. The molecular weight excluding hydrogens is 386 g/mol. The van der Waals surface area contributed by atoms with E-state index in [2.05, 4.69) is 48.6 Å². The van der Waals surface area contributed by atoms with E-state index in [1.807, 2.05) is 9.62 Å². The molecule has 0 bridgehead atoms. The minimum Gasteiger partial charge on any atom is -0.311 e. The third kappa shape index (κ3) is 5.08. The molecule has 2 aliphatic carbocycles. The molecule has 158 valence electrons. The van der Waals surface area contributed by atoms with Crippen LogP contribution in [0.1, 0.15) is 38.2 Å². The van der Waals surface area contributed by atoms with E-state index in [4.69, 9.17) is 0 Å². The summed E-state index contributed by atoms with van der Waals surface area (Å²) in [6.07, 6.45) is 7.99. The Morgan fingerprint density at radius 2 is 1.93 bits per heavy atom. The van der Waals surface area contributed by atoms with Gasteiger partial charge < -0.3 is 5.32 Å². The molecule has 2 N–H and O–H groups in total. The van der Waals surface area contributed by atoms with E-state index in [-0.39, 0.29) is 6.54 Å². The summed E-state index contributed by atoms with van der Waals surface area (Å²) in [5, 5.41) is 3.83. The molecule has 2 atom stereocenters. The second-order valence-electron chi connectivity index (χ2n) is 9.15. The molecule has 2 saturated carbocycles. The predicted molar refractivity (Wildman–Crippen MR) is 115 cm³/mol. The van der Waals surface area contributed by atoms with Crippen molar-refractivity contribution in [1.29, 1.82) is 0 Å². The molecule has 0 unspecified atom stereocenters. The van der Waals surface area contributed by atoms with Gasteiger partial charge in [-0.05, 0) is 42.6 Å². The van der Waals surface area contributed by atoms with Crippen molar-refractivity contribution in [2.45, 2.75) is 44.7 Å². The number of nitrogens with zero attached hydrogens (tertiary/aromatic N) is 1. The zero-order chi connectivity index (χ0) is 20.6. The van der Waals surface area contributed by atoms with E-state index >= 15 is 0 Å². The van der Waals surface area contributed by atoms with Gasteiger partial charge in [0.25, 0.3) is 0 Å². The minimum absolute atomic E-state index is 0.168. The molecule has 0 aromatic heterocycles. The molecule has 1 amide bonds. The molecule has 1 saturated heterocycles. The van der Waals surface area contributed by atoms with Gasteiger partial charge >= 0.3 is 0 Å². The van der Waals surface area contributed by atoms with Crippen molar-refractivity contribution in [3.05, 3.63) is 41.5 Å². The molecule has 6 nitrogen and oxygen atoms in total. The molecular formula is C22H31N3O3S. The first-order valence-corrected chi connectivity index (χ1v) is 12.4. The van der Waals surface area contributed by atoms with Crippen LogP contribution in [0, 0.1) is 11.3 Å². The largest absolute Gasteiger partial charge is 0.311 e. The molecule has 1 heterocycles. The Balaban J connectivity index is 1.18. The number of hydrogen-bond donors (Lipinski definition) is 2. The van der Waals surface area contributed by atoms with Gasteiger partial charge in [0.15, 0.2) is 0 Å². The van der Waals surface area contributed by atoms with Crippen LogP contribution in [0.4, 0.5) is 0 Å². The first kappa shape index (κ1) is 20.6. The van der Waals surface area contributed by atoms with Crippen molar-refractivity contribution >= 4 is 22.0 Å². The quantitative estimate of drug-likeness (QED) is 0.676. The van der Waals surface area contributed by atoms with Crippen LogP contribution in [-0.4, -0.2) is 57.2 Å².